The molecule has 0 fully saturated rings. The molecule has 1 heterocycles. The van der Waals surface area contributed by atoms with Crippen LogP contribution in [0, 0.1) is 6.92 Å². The molecule has 0 aliphatic heterocycles. The first-order valence-electron chi connectivity index (χ1n) is 12.1. The molecule has 4 rings (SSSR count). The molecule has 0 unspecified atom stereocenters. The second kappa shape index (κ2) is 11.2. The number of carbonyl (C=O) groups is 2. The van der Waals surface area contributed by atoms with Gasteiger partial charge in [-0.15, -0.1) is 0 Å². The molecule has 3 aromatic carbocycles. The Hall–Kier alpha value is -4.02. The van der Waals surface area contributed by atoms with E-state index in [-0.39, 0.29) is 17.1 Å². The second-order valence-corrected chi connectivity index (χ2v) is 10.6. The Labute approximate surface area is 221 Å². The average molecular weight is 536 g/mol. The fraction of sp³-hybridized carbons (Fsp3) is 0.250. The van der Waals surface area contributed by atoms with Crippen LogP contribution in [0.3, 0.4) is 0 Å². The summed E-state index contributed by atoms with van der Waals surface area (Å²) >= 11 is 0. The minimum absolute atomic E-state index is 0.0142. The van der Waals surface area contributed by atoms with Gasteiger partial charge in [0.05, 0.1) is 21.5 Å². The van der Waals surface area contributed by atoms with Crippen LogP contribution >= 0.6 is 0 Å². The zero-order valence-electron chi connectivity index (χ0n) is 21.4. The number of carboxylic acids is 1. The first kappa shape index (κ1) is 27.0. The van der Waals surface area contributed by atoms with Gasteiger partial charge in [-0.05, 0) is 48.2 Å². The summed E-state index contributed by atoms with van der Waals surface area (Å²) in [5.41, 5.74) is 4.63. The molecule has 10 heteroatoms. The summed E-state index contributed by atoms with van der Waals surface area (Å²) in [6, 6.07) is 17.2. The summed E-state index contributed by atoms with van der Waals surface area (Å²) in [6.07, 6.45) is 1.63. The number of carboxylic acid groups (broad SMARTS) is 1. The van der Waals surface area contributed by atoms with Crippen molar-refractivity contribution in [3.05, 3.63) is 83.2 Å². The fourth-order valence-corrected chi connectivity index (χ4v) is 5.63. The molecule has 0 saturated carbocycles. The van der Waals surface area contributed by atoms with Crippen molar-refractivity contribution >= 4 is 32.9 Å². The number of amides is 1. The number of carbonyl (C=O) groups excluding carboxylic acids is 1. The Morgan fingerprint density at radius 1 is 1.08 bits per heavy atom. The first-order valence-corrected chi connectivity index (χ1v) is 13.6. The maximum atomic E-state index is 12.9. The number of hydrogen-bond donors (Lipinski definition) is 2. The van der Waals surface area contributed by atoms with Crippen molar-refractivity contribution in [2.75, 3.05) is 13.7 Å². The molecule has 0 radical (unpaired) electrons. The summed E-state index contributed by atoms with van der Waals surface area (Å²) in [5.74, 6) is -0.869. The van der Waals surface area contributed by atoms with Crippen LogP contribution in [0.25, 0.3) is 22.2 Å². The number of aromatic carboxylic acids is 1. The second-order valence-electron chi connectivity index (χ2n) is 8.98. The third kappa shape index (κ3) is 5.61. The number of nitrogens with one attached hydrogen (secondary N) is 1. The van der Waals surface area contributed by atoms with E-state index in [2.05, 4.69) is 6.92 Å². The van der Waals surface area contributed by atoms with Crippen LogP contribution in [-0.4, -0.2) is 48.7 Å². The lowest BCUT2D eigenvalue weighted by atomic mass is 10.0. The Bertz CT molecular complexity index is 1610. The number of hydrogen-bond acceptors (Lipinski definition) is 6. The molecule has 38 heavy (non-hydrogen) atoms. The Morgan fingerprint density at radius 3 is 2.45 bits per heavy atom. The molecule has 2 N–H and O–H groups in total. The molecule has 1 amide bonds. The van der Waals surface area contributed by atoms with Gasteiger partial charge in [0.25, 0.3) is 15.9 Å². The molecular weight excluding hydrogens is 506 g/mol. The summed E-state index contributed by atoms with van der Waals surface area (Å²) < 4.78 is 34.5. The smallest absolute Gasteiger partial charge is 0.335 e. The normalized spacial score (nSPS) is 11.6. The van der Waals surface area contributed by atoms with Gasteiger partial charge in [-0.3, -0.25) is 4.79 Å². The summed E-state index contributed by atoms with van der Waals surface area (Å²) in [7, 11) is -2.79. The van der Waals surface area contributed by atoms with Crippen LogP contribution in [0.4, 0.5) is 0 Å². The molecule has 9 nitrogen and oxygen atoms in total. The number of imidazole rings is 1. The highest BCUT2D eigenvalue weighted by molar-refractivity contribution is 7.90. The molecular formula is C28H29N3O6S. The van der Waals surface area contributed by atoms with Gasteiger partial charge in [-0.25, -0.2) is 22.9 Å². The van der Waals surface area contributed by atoms with Crippen molar-refractivity contribution in [3.8, 4) is 11.1 Å². The standard InChI is InChI=1S/C28H29N3O6S/c1-4-7-25-29-27-18(2)14-21(28(33)34)15-23(27)31(25)16-19-10-12-20(13-11-19)22-8-5-6-9-24(22)38(35,36)30-26(32)17-37-3/h5-6,8-15H,4,7,16-17H2,1-3H3,(H,30,32)(H,33,34). The number of rotatable bonds is 10. The zero-order valence-corrected chi connectivity index (χ0v) is 22.2. The lowest BCUT2D eigenvalue weighted by molar-refractivity contribution is -0.122. The van der Waals surface area contributed by atoms with Gasteiger partial charge in [0.1, 0.15) is 12.4 Å². The maximum absolute atomic E-state index is 12.9. The Morgan fingerprint density at radius 2 is 1.79 bits per heavy atom. The summed E-state index contributed by atoms with van der Waals surface area (Å²) in [4.78, 5) is 28.3. The number of sulfonamides is 1. The van der Waals surface area contributed by atoms with E-state index in [4.69, 9.17) is 9.72 Å². The first-order chi connectivity index (χ1) is 18.1. The molecule has 0 bridgehead atoms. The van der Waals surface area contributed by atoms with Crippen molar-refractivity contribution in [1.82, 2.24) is 14.3 Å². The van der Waals surface area contributed by atoms with E-state index in [0.717, 1.165) is 40.8 Å². The van der Waals surface area contributed by atoms with Crippen LogP contribution in [0.2, 0.25) is 0 Å². The molecule has 0 atom stereocenters. The van der Waals surface area contributed by atoms with Crippen LogP contribution in [0.5, 0.6) is 0 Å². The van der Waals surface area contributed by atoms with Gasteiger partial charge in [-0.2, -0.15) is 0 Å². The van der Waals surface area contributed by atoms with E-state index in [0.29, 0.717) is 17.7 Å². The maximum Gasteiger partial charge on any atom is 0.335 e. The van der Waals surface area contributed by atoms with Gasteiger partial charge < -0.3 is 14.4 Å². The SMILES string of the molecule is CCCc1nc2c(C)cc(C(=O)O)cc2n1Cc1ccc(-c2ccccc2S(=O)(=O)NC(=O)COC)cc1. The van der Waals surface area contributed by atoms with Gasteiger partial charge in [0.2, 0.25) is 0 Å². The predicted molar refractivity (Wildman–Crippen MR) is 144 cm³/mol. The number of aromatic nitrogens is 2. The Kier molecular flexibility index (Phi) is 7.94. The van der Waals surface area contributed by atoms with Crippen LogP contribution in [-0.2, 0) is 32.5 Å². The van der Waals surface area contributed by atoms with Gasteiger partial charge in [-0.1, -0.05) is 49.4 Å². The Balaban J connectivity index is 1.69. The van der Waals surface area contributed by atoms with E-state index in [1.54, 1.807) is 30.3 Å². The van der Waals surface area contributed by atoms with E-state index in [1.807, 2.05) is 40.5 Å². The summed E-state index contributed by atoms with van der Waals surface area (Å²) in [6.45, 7) is 4.03. The van der Waals surface area contributed by atoms with Crippen LogP contribution in [0.15, 0.2) is 65.6 Å². The van der Waals surface area contributed by atoms with Crippen molar-refractivity contribution in [1.29, 1.82) is 0 Å². The zero-order chi connectivity index (χ0) is 27.4. The van der Waals surface area contributed by atoms with Gasteiger partial charge >= 0.3 is 5.97 Å². The molecule has 0 saturated heterocycles. The fourth-order valence-electron chi connectivity index (χ4n) is 4.43. The molecule has 0 aliphatic rings. The highest BCUT2D eigenvalue weighted by Gasteiger charge is 2.22. The number of ether oxygens (including phenoxy) is 1. The van der Waals surface area contributed by atoms with Gasteiger partial charge in [0, 0.05) is 25.6 Å². The van der Waals surface area contributed by atoms with Gasteiger partial charge in [0.15, 0.2) is 0 Å². The van der Waals surface area contributed by atoms with Crippen LogP contribution < -0.4 is 4.72 Å². The molecule has 0 aliphatic carbocycles. The van der Waals surface area contributed by atoms with Crippen molar-refractivity contribution in [2.45, 2.75) is 38.1 Å². The third-order valence-corrected chi connectivity index (χ3v) is 7.58. The third-order valence-electron chi connectivity index (χ3n) is 6.15. The quantitative estimate of drug-likeness (QED) is 0.312. The lowest BCUT2D eigenvalue weighted by Crippen LogP contribution is -2.33. The molecule has 0 spiro atoms. The summed E-state index contributed by atoms with van der Waals surface area (Å²) in [5, 5.41) is 9.55. The van der Waals surface area contributed by atoms with E-state index in [9.17, 15) is 23.1 Å². The average Bonchev–Trinajstić information content (AvgIpc) is 3.22. The number of benzene rings is 3. The minimum Gasteiger partial charge on any atom is -0.478 e. The van der Waals surface area contributed by atoms with Crippen molar-refractivity contribution in [3.63, 3.8) is 0 Å². The highest BCUT2D eigenvalue weighted by Crippen LogP contribution is 2.29. The van der Waals surface area contributed by atoms with E-state index in [1.165, 1.54) is 13.2 Å². The van der Waals surface area contributed by atoms with Crippen molar-refractivity contribution in [2.24, 2.45) is 0 Å². The minimum atomic E-state index is -4.10. The monoisotopic (exact) mass is 535 g/mol. The van der Waals surface area contributed by atoms with E-state index < -0.39 is 21.9 Å². The molecule has 198 valence electrons. The topological polar surface area (TPSA) is 128 Å². The molecule has 1 aromatic heterocycles. The largest absolute Gasteiger partial charge is 0.478 e. The number of aryl methyl sites for hydroxylation is 2. The van der Waals surface area contributed by atoms with E-state index >= 15 is 0 Å². The van der Waals surface area contributed by atoms with Crippen LogP contribution in [0.1, 0.15) is 40.7 Å². The number of fused-ring (bicyclic) bond motifs is 1. The number of nitrogens with zero attached hydrogens (tertiary/aromatic N) is 2. The number of methoxy groups -OCH3 is 1. The lowest BCUT2D eigenvalue weighted by Gasteiger charge is -2.13. The predicted octanol–water partition coefficient (Wildman–Crippen LogP) is 4.16. The highest BCUT2D eigenvalue weighted by atomic mass is 32.2. The molecule has 4 aromatic rings. The van der Waals surface area contributed by atoms with Crippen molar-refractivity contribution < 1.29 is 27.9 Å².